The van der Waals surface area contributed by atoms with Gasteiger partial charge < -0.3 is 10.6 Å². The van der Waals surface area contributed by atoms with Crippen LogP contribution in [0.4, 0.5) is 17.1 Å². The van der Waals surface area contributed by atoms with Crippen molar-refractivity contribution in [2.45, 2.75) is 13.8 Å². The molecule has 0 heterocycles. The molecule has 0 radical (unpaired) electrons. The molecule has 0 atom stereocenters. The first-order valence-corrected chi connectivity index (χ1v) is 6.76. The molecule has 21 heavy (non-hydrogen) atoms. The Hall–Kier alpha value is -2.47. The van der Waals surface area contributed by atoms with Crippen molar-refractivity contribution in [3.8, 4) is 0 Å². The lowest BCUT2D eigenvalue weighted by atomic mass is 10.2. The first-order valence-electron chi connectivity index (χ1n) is 6.35. The fourth-order valence-electron chi connectivity index (χ4n) is 1.82. The van der Waals surface area contributed by atoms with E-state index in [0.29, 0.717) is 5.11 Å². The van der Waals surface area contributed by atoms with E-state index in [-0.39, 0.29) is 5.69 Å². The van der Waals surface area contributed by atoms with Crippen molar-refractivity contribution >= 4 is 34.4 Å². The van der Waals surface area contributed by atoms with Gasteiger partial charge in [-0.05, 0) is 49.8 Å². The maximum atomic E-state index is 10.7. The predicted molar refractivity (Wildman–Crippen MR) is 88.9 cm³/mol. The first-order chi connectivity index (χ1) is 9.95. The molecule has 0 aromatic heterocycles. The van der Waals surface area contributed by atoms with Gasteiger partial charge >= 0.3 is 0 Å². The maximum Gasteiger partial charge on any atom is 0.269 e. The molecule has 0 aliphatic heterocycles. The van der Waals surface area contributed by atoms with Crippen LogP contribution in [0.15, 0.2) is 42.5 Å². The molecule has 2 aromatic rings. The number of nitro groups is 1. The first kappa shape index (κ1) is 14.9. The highest BCUT2D eigenvalue weighted by atomic mass is 32.1. The Morgan fingerprint density at radius 2 is 1.76 bits per heavy atom. The van der Waals surface area contributed by atoms with Gasteiger partial charge in [-0.2, -0.15) is 0 Å². The number of rotatable bonds is 3. The highest BCUT2D eigenvalue weighted by molar-refractivity contribution is 7.80. The average Bonchev–Trinajstić information content (AvgIpc) is 2.43. The number of benzene rings is 2. The van der Waals surface area contributed by atoms with Crippen molar-refractivity contribution in [3.05, 3.63) is 63.7 Å². The summed E-state index contributed by atoms with van der Waals surface area (Å²) in [6, 6.07) is 12.5. The SMILES string of the molecule is Cc1ccc(NC(=S)Nc2ccc([N+](=O)[O-])cc2C)cc1. The molecule has 0 amide bonds. The number of thiocarbonyl (C=S) groups is 1. The van der Waals surface area contributed by atoms with Gasteiger partial charge in [0.25, 0.3) is 5.69 Å². The topological polar surface area (TPSA) is 67.2 Å². The van der Waals surface area contributed by atoms with E-state index in [9.17, 15) is 10.1 Å². The van der Waals surface area contributed by atoms with Crippen LogP contribution in [0.25, 0.3) is 0 Å². The lowest BCUT2D eigenvalue weighted by molar-refractivity contribution is -0.384. The predicted octanol–water partition coefficient (Wildman–Crippen LogP) is 4.02. The summed E-state index contributed by atoms with van der Waals surface area (Å²) < 4.78 is 0. The van der Waals surface area contributed by atoms with Gasteiger partial charge in [-0.1, -0.05) is 17.7 Å². The largest absolute Gasteiger partial charge is 0.332 e. The summed E-state index contributed by atoms with van der Waals surface area (Å²) in [6.45, 7) is 3.81. The third-order valence-corrected chi connectivity index (χ3v) is 3.18. The quantitative estimate of drug-likeness (QED) is 0.509. The smallest absolute Gasteiger partial charge is 0.269 e. The molecule has 2 rings (SSSR count). The average molecular weight is 301 g/mol. The Labute approximate surface area is 128 Å². The molecule has 0 fully saturated rings. The molecule has 5 nitrogen and oxygen atoms in total. The zero-order valence-electron chi connectivity index (χ0n) is 11.7. The Bertz CT molecular complexity index is 684. The highest BCUT2D eigenvalue weighted by Crippen LogP contribution is 2.21. The Morgan fingerprint density at radius 3 is 2.33 bits per heavy atom. The van der Waals surface area contributed by atoms with Crippen LogP contribution in [0.2, 0.25) is 0 Å². The molecular weight excluding hydrogens is 286 g/mol. The highest BCUT2D eigenvalue weighted by Gasteiger charge is 2.08. The van der Waals surface area contributed by atoms with E-state index in [1.54, 1.807) is 13.0 Å². The molecule has 0 saturated heterocycles. The molecule has 6 heteroatoms. The number of aryl methyl sites for hydroxylation is 2. The fraction of sp³-hybridized carbons (Fsp3) is 0.133. The Morgan fingerprint density at radius 1 is 1.10 bits per heavy atom. The van der Waals surface area contributed by atoms with E-state index >= 15 is 0 Å². The zero-order valence-corrected chi connectivity index (χ0v) is 12.5. The van der Waals surface area contributed by atoms with Gasteiger partial charge in [0.2, 0.25) is 0 Å². The third kappa shape index (κ3) is 4.00. The second-order valence-electron chi connectivity index (χ2n) is 4.70. The fourth-order valence-corrected chi connectivity index (χ4v) is 2.05. The molecular formula is C15H15N3O2S. The van der Waals surface area contributed by atoms with Gasteiger partial charge in [0.05, 0.1) is 4.92 Å². The maximum absolute atomic E-state index is 10.7. The summed E-state index contributed by atoms with van der Waals surface area (Å²) >= 11 is 5.24. The minimum absolute atomic E-state index is 0.0652. The van der Waals surface area contributed by atoms with Crippen LogP contribution in [0.3, 0.4) is 0 Å². The molecule has 0 aliphatic carbocycles. The van der Waals surface area contributed by atoms with Crippen LogP contribution in [0.5, 0.6) is 0 Å². The van der Waals surface area contributed by atoms with Crippen molar-refractivity contribution in [2.24, 2.45) is 0 Å². The van der Waals surface area contributed by atoms with Gasteiger partial charge in [0.15, 0.2) is 5.11 Å². The summed E-state index contributed by atoms with van der Waals surface area (Å²) in [5.74, 6) is 0. The van der Waals surface area contributed by atoms with Crippen molar-refractivity contribution in [1.29, 1.82) is 0 Å². The number of nitrogens with one attached hydrogen (secondary N) is 2. The van der Waals surface area contributed by atoms with E-state index in [4.69, 9.17) is 12.2 Å². The summed E-state index contributed by atoms with van der Waals surface area (Å²) in [6.07, 6.45) is 0. The van der Waals surface area contributed by atoms with Gasteiger partial charge in [-0.3, -0.25) is 10.1 Å². The molecule has 2 aromatic carbocycles. The normalized spacial score (nSPS) is 10.0. The van der Waals surface area contributed by atoms with Crippen molar-refractivity contribution in [1.82, 2.24) is 0 Å². The molecule has 0 aliphatic rings. The molecule has 0 bridgehead atoms. The molecule has 0 spiro atoms. The van der Waals surface area contributed by atoms with Gasteiger partial charge in [-0.25, -0.2) is 0 Å². The van der Waals surface area contributed by atoms with E-state index in [1.807, 2.05) is 31.2 Å². The zero-order chi connectivity index (χ0) is 15.4. The van der Waals surface area contributed by atoms with Crippen molar-refractivity contribution < 1.29 is 4.92 Å². The standard InChI is InChI=1S/C15H15N3O2S/c1-10-3-5-12(6-4-10)16-15(21)17-14-8-7-13(18(19)20)9-11(14)2/h3-9H,1-2H3,(H2,16,17,21). The molecule has 108 valence electrons. The monoisotopic (exact) mass is 301 g/mol. The molecule has 0 saturated carbocycles. The lowest BCUT2D eigenvalue weighted by Crippen LogP contribution is -2.19. The summed E-state index contributed by atoms with van der Waals surface area (Å²) in [4.78, 5) is 10.3. The minimum Gasteiger partial charge on any atom is -0.332 e. The van der Waals surface area contributed by atoms with Gasteiger partial charge in [0.1, 0.15) is 0 Å². The number of hydrogen-bond donors (Lipinski definition) is 2. The van der Waals surface area contributed by atoms with Crippen molar-refractivity contribution in [2.75, 3.05) is 10.6 Å². The number of anilines is 2. The van der Waals surface area contributed by atoms with E-state index in [0.717, 1.165) is 16.9 Å². The van der Waals surface area contributed by atoms with Crippen LogP contribution in [0.1, 0.15) is 11.1 Å². The van der Waals surface area contributed by atoms with Crippen molar-refractivity contribution in [3.63, 3.8) is 0 Å². The summed E-state index contributed by atoms with van der Waals surface area (Å²) in [7, 11) is 0. The number of nitrogens with zero attached hydrogens (tertiary/aromatic N) is 1. The van der Waals surface area contributed by atoms with Crippen LogP contribution >= 0.6 is 12.2 Å². The van der Waals surface area contributed by atoms with Gasteiger partial charge in [0, 0.05) is 23.5 Å². The third-order valence-electron chi connectivity index (χ3n) is 2.98. The minimum atomic E-state index is -0.417. The van der Waals surface area contributed by atoms with Gasteiger partial charge in [-0.15, -0.1) is 0 Å². The van der Waals surface area contributed by atoms with Crippen LogP contribution in [-0.4, -0.2) is 10.0 Å². The van der Waals surface area contributed by atoms with E-state index in [2.05, 4.69) is 10.6 Å². The lowest BCUT2D eigenvalue weighted by Gasteiger charge is -2.12. The Balaban J connectivity index is 2.06. The Kier molecular flexibility index (Phi) is 4.49. The van der Waals surface area contributed by atoms with Crippen LogP contribution < -0.4 is 10.6 Å². The van der Waals surface area contributed by atoms with Crippen LogP contribution in [-0.2, 0) is 0 Å². The molecule has 2 N–H and O–H groups in total. The summed E-state index contributed by atoms with van der Waals surface area (Å²) in [5.41, 5.74) is 3.63. The number of hydrogen-bond acceptors (Lipinski definition) is 3. The number of non-ortho nitro benzene ring substituents is 1. The second-order valence-corrected chi connectivity index (χ2v) is 5.11. The summed E-state index contributed by atoms with van der Waals surface area (Å²) in [5, 5.41) is 17.2. The van der Waals surface area contributed by atoms with E-state index < -0.39 is 4.92 Å². The van der Waals surface area contributed by atoms with Crippen LogP contribution in [0, 0.1) is 24.0 Å². The second kappa shape index (κ2) is 6.32. The number of nitro benzene ring substituents is 1. The van der Waals surface area contributed by atoms with E-state index in [1.165, 1.54) is 17.7 Å². The molecule has 0 unspecified atom stereocenters.